The summed E-state index contributed by atoms with van der Waals surface area (Å²) >= 11 is 7.49. The standard InChI is InChI=1S/C14H9ClN2OS/c15-10-3-1-2-9(6-10)14-17-11-5-4-8(13(16)18)7-12(11)19-14/h1-7H,(H2,16,18). The van der Waals surface area contributed by atoms with Crippen LogP contribution in [0.1, 0.15) is 10.4 Å². The van der Waals surface area contributed by atoms with Crippen molar-refractivity contribution in [1.82, 2.24) is 4.98 Å². The van der Waals surface area contributed by atoms with Crippen molar-refractivity contribution in [2.24, 2.45) is 5.73 Å². The van der Waals surface area contributed by atoms with Gasteiger partial charge in [0.1, 0.15) is 5.01 Å². The minimum Gasteiger partial charge on any atom is -0.366 e. The van der Waals surface area contributed by atoms with Gasteiger partial charge in [-0.25, -0.2) is 4.98 Å². The predicted octanol–water partition coefficient (Wildman–Crippen LogP) is 3.72. The van der Waals surface area contributed by atoms with E-state index in [4.69, 9.17) is 17.3 Å². The lowest BCUT2D eigenvalue weighted by atomic mass is 10.2. The van der Waals surface area contributed by atoms with Gasteiger partial charge in [0.05, 0.1) is 10.2 Å². The summed E-state index contributed by atoms with van der Waals surface area (Å²) in [6.45, 7) is 0. The van der Waals surface area contributed by atoms with Crippen LogP contribution in [0, 0.1) is 0 Å². The van der Waals surface area contributed by atoms with E-state index in [2.05, 4.69) is 4.98 Å². The van der Waals surface area contributed by atoms with Crippen LogP contribution in [0.4, 0.5) is 0 Å². The second-order valence-corrected chi connectivity index (χ2v) is 5.54. The highest BCUT2D eigenvalue weighted by Crippen LogP contribution is 2.31. The van der Waals surface area contributed by atoms with Gasteiger partial charge < -0.3 is 5.73 Å². The highest BCUT2D eigenvalue weighted by molar-refractivity contribution is 7.21. The van der Waals surface area contributed by atoms with E-state index in [0.717, 1.165) is 20.8 Å². The number of nitrogens with zero attached hydrogens (tertiary/aromatic N) is 1. The molecule has 0 aliphatic rings. The Morgan fingerprint density at radius 2 is 2.05 bits per heavy atom. The van der Waals surface area contributed by atoms with Crippen molar-refractivity contribution in [3.05, 3.63) is 53.1 Å². The van der Waals surface area contributed by atoms with E-state index >= 15 is 0 Å². The zero-order chi connectivity index (χ0) is 13.4. The number of benzene rings is 2. The van der Waals surface area contributed by atoms with E-state index in [1.165, 1.54) is 11.3 Å². The molecule has 0 bridgehead atoms. The van der Waals surface area contributed by atoms with Gasteiger partial charge >= 0.3 is 0 Å². The molecule has 0 atom stereocenters. The fourth-order valence-electron chi connectivity index (χ4n) is 1.82. The zero-order valence-electron chi connectivity index (χ0n) is 9.76. The molecule has 19 heavy (non-hydrogen) atoms. The predicted molar refractivity (Wildman–Crippen MR) is 78.6 cm³/mol. The molecule has 0 aliphatic carbocycles. The molecule has 5 heteroatoms. The minimum absolute atomic E-state index is 0.431. The largest absolute Gasteiger partial charge is 0.366 e. The zero-order valence-corrected chi connectivity index (χ0v) is 11.3. The van der Waals surface area contributed by atoms with Crippen LogP contribution in [0.3, 0.4) is 0 Å². The second kappa shape index (κ2) is 4.64. The van der Waals surface area contributed by atoms with Gasteiger partial charge in [0, 0.05) is 16.1 Å². The van der Waals surface area contributed by atoms with Crippen molar-refractivity contribution >= 4 is 39.1 Å². The molecule has 0 unspecified atom stereocenters. The molecule has 0 fully saturated rings. The van der Waals surface area contributed by atoms with Crippen LogP contribution in [-0.2, 0) is 0 Å². The number of nitrogens with two attached hydrogens (primary N) is 1. The molecule has 0 radical (unpaired) electrons. The highest BCUT2D eigenvalue weighted by Gasteiger charge is 2.09. The number of fused-ring (bicyclic) bond motifs is 1. The van der Waals surface area contributed by atoms with Gasteiger partial charge in [0.2, 0.25) is 5.91 Å². The topological polar surface area (TPSA) is 56.0 Å². The Balaban J connectivity index is 2.14. The fourth-order valence-corrected chi connectivity index (χ4v) is 3.01. The number of carbonyl (C=O) groups is 1. The first-order chi connectivity index (χ1) is 9.13. The first-order valence-corrected chi connectivity index (χ1v) is 6.79. The molecule has 0 saturated carbocycles. The summed E-state index contributed by atoms with van der Waals surface area (Å²) in [5, 5.41) is 1.55. The van der Waals surface area contributed by atoms with Gasteiger partial charge in [-0.05, 0) is 30.3 Å². The smallest absolute Gasteiger partial charge is 0.248 e. The summed E-state index contributed by atoms with van der Waals surface area (Å²) in [5.41, 5.74) is 7.58. The number of hydrogen-bond acceptors (Lipinski definition) is 3. The van der Waals surface area contributed by atoms with Crippen LogP contribution in [0.5, 0.6) is 0 Å². The molecular formula is C14H9ClN2OS. The fraction of sp³-hybridized carbons (Fsp3) is 0. The molecule has 3 rings (SSSR count). The maximum absolute atomic E-state index is 11.2. The Kier molecular flexibility index (Phi) is 2.97. The molecule has 94 valence electrons. The maximum Gasteiger partial charge on any atom is 0.248 e. The number of aromatic nitrogens is 1. The van der Waals surface area contributed by atoms with Gasteiger partial charge in [0.15, 0.2) is 0 Å². The quantitative estimate of drug-likeness (QED) is 0.781. The summed E-state index contributed by atoms with van der Waals surface area (Å²) < 4.78 is 0.936. The Morgan fingerprint density at radius 1 is 1.21 bits per heavy atom. The first kappa shape index (κ1) is 12.1. The third-order valence-corrected chi connectivity index (χ3v) is 4.05. The molecule has 3 aromatic rings. The number of primary amides is 1. The van der Waals surface area contributed by atoms with Crippen LogP contribution in [0.15, 0.2) is 42.5 Å². The average Bonchev–Trinajstić information content (AvgIpc) is 2.81. The number of amides is 1. The minimum atomic E-state index is -0.431. The summed E-state index contributed by atoms with van der Waals surface area (Å²) in [6.07, 6.45) is 0. The molecule has 0 saturated heterocycles. The third-order valence-electron chi connectivity index (χ3n) is 2.74. The SMILES string of the molecule is NC(=O)c1ccc2nc(-c3cccc(Cl)c3)sc2c1. The van der Waals surface area contributed by atoms with Crippen molar-refractivity contribution < 1.29 is 4.79 Å². The van der Waals surface area contributed by atoms with Crippen LogP contribution in [-0.4, -0.2) is 10.9 Å². The van der Waals surface area contributed by atoms with Gasteiger partial charge in [-0.15, -0.1) is 11.3 Å². The molecule has 3 nitrogen and oxygen atoms in total. The van der Waals surface area contributed by atoms with Crippen molar-refractivity contribution in [2.75, 3.05) is 0 Å². The lowest BCUT2D eigenvalue weighted by Crippen LogP contribution is -2.10. The number of halogens is 1. The van der Waals surface area contributed by atoms with Crippen molar-refractivity contribution in [2.45, 2.75) is 0 Å². The number of thiazole rings is 1. The molecular weight excluding hydrogens is 280 g/mol. The summed E-state index contributed by atoms with van der Waals surface area (Å²) in [6, 6.07) is 12.8. The molecule has 0 aliphatic heterocycles. The van der Waals surface area contributed by atoms with E-state index < -0.39 is 5.91 Å². The molecule has 0 spiro atoms. The average molecular weight is 289 g/mol. The van der Waals surface area contributed by atoms with Crippen LogP contribution in [0.2, 0.25) is 5.02 Å². The Labute approximate surface area is 118 Å². The Hall–Kier alpha value is -1.91. The van der Waals surface area contributed by atoms with Crippen LogP contribution >= 0.6 is 22.9 Å². The van der Waals surface area contributed by atoms with Gasteiger partial charge in [0.25, 0.3) is 0 Å². The lowest BCUT2D eigenvalue weighted by molar-refractivity contribution is 0.100. The van der Waals surface area contributed by atoms with Crippen LogP contribution in [0.25, 0.3) is 20.8 Å². The van der Waals surface area contributed by atoms with Crippen LogP contribution < -0.4 is 5.73 Å². The van der Waals surface area contributed by atoms with Gasteiger partial charge in [-0.2, -0.15) is 0 Å². The molecule has 1 amide bonds. The molecule has 1 aromatic heterocycles. The van der Waals surface area contributed by atoms with Gasteiger partial charge in [-0.3, -0.25) is 4.79 Å². The highest BCUT2D eigenvalue weighted by atomic mass is 35.5. The number of rotatable bonds is 2. The van der Waals surface area contributed by atoms with Gasteiger partial charge in [-0.1, -0.05) is 23.7 Å². The normalized spacial score (nSPS) is 10.8. The van der Waals surface area contributed by atoms with E-state index in [0.29, 0.717) is 10.6 Å². The van der Waals surface area contributed by atoms with Crippen molar-refractivity contribution in [3.63, 3.8) is 0 Å². The number of carbonyl (C=O) groups excluding carboxylic acids is 1. The van der Waals surface area contributed by atoms with E-state index in [9.17, 15) is 4.79 Å². The lowest BCUT2D eigenvalue weighted by Gasteiger charge is -1.95. The third kappa shape index (κ3) is 2.32. The van der Waals surface area contributed by atoms with Crippen molar-refractivity contribution in [1.29, 1.82) is 0 Å². The maximum atomic E-state index is 11.2. The molecule has 2 aromatic carbocycles. The summed E-state index contributed by atoms with van der Waals surface area (Å²) in [4.78, 5) is 15.7. The summed E-state index contributed by atoms with van der Waals surface area (Å²) in [7, 11) is 0. The summed E-state index contributed by atoms with van der Waals surface area (Å²) in [5.74, 6) is -0.431. The van der Waals surface area contributed by atoms with E-state index in [1.807, 2.05) is 24.3 Å². The molecule has 2 N–H and O–H groups in total. The Morgan fingerprint density at radius 3 is 2.79 bits per heavy atom. The van der Waals surface area contributed by atoms with E-state index in [1.54, 1.807) is 18.2 Å². The first-order valence-electron chi connectivity index (χ1n) is 5.60. The monoisotopic (exact) mass is 288 g/mol. The molecule has 1 heterocycles. The second-order valence-electron chi connectivity index (χ2n) is 4.08. The van der Waals surface area contributed by atoms with Crippen molar-refractivity contribution in [3.8, 4) is 10.6 Å². The number of hydrogen-bond donors (Lipinski definition) is 1. The Bertz CT molecular complexity index is 782. The van der Waals surface area contributed by atoms with E-state index in [-0.39, 0.29) is 0 Å².